The number of piperazine rings is 1. The van der Waals surface area contributed by atoms with Crippen LogP contribution in [0.2, 0.25) is 0 Å². The van der Waals surface area contributed by atoms with Crippen LogP contribution >= 0.6 is 0 Å². The molecule has 2 N–H and O–H groups in total. The van der Waals surface area contributed by atoms with Crippen LogP contribution in [-0.2, 0) is 6.54 Å². The number of hydrogen-bond acceptors (Lipinski definition) is 2. The first-order chi connectivity index (χ1) is 8.34. The Bertz CT molecular complexity index is 514. The number of halogens is 1. The second kappa shape index (κ2) is 4.47. The summed E-state index contributed by atoms with van der Waals surface area (Å²) in [6, 6.07) is 5.24. The highest BCUT2D eigenvalue weighted by molar-refractivity contribution is 5.83. The molecule has 4 heteroatoms. The van der Waals surface area contributed by atoms with Gasteiger partial charge in [0.05, 0.1) is 5.52 Å². The van der Waals surface area contributed by atoms with Crippen molar-refractivity contribution in [3.05, 3.63) is 35.8 Å². The summed E-state index contributed by atoms with van der Waals surface area (Å²) in [5, 5.41) is 4.33. The molecule has 0 atom stereocenters. The van der Waals surface area contributed by atoms with Gasteiger partial charge in [-0.2, -0.15) is 0 Å². The molecular weight excluding hydrogens is 217 g/mol. The molecule has 1 fully saturated rings. The number of hydrogen-bond donors (Lipinski definition) is 2. The molecule has 17 heavy (non-hydrogen) atoms. The molecule has 2 heterocycles. The molecule has 0 unspecified atom stereocenters. The van der Waals surface area contributed by atoms with Gasteiger partial charge in [0.1, 0.15) is 5.82 Å². The van der Waals surface area contributed by atoms with Crippen LogP contribution < -0.4 is 5.32 Å². The summed E-state index contributed by atoms with van der Waals surface area (Å²) in [4.78, 5) is 5.42. The first-order valence-electron chi connectivity index (χ1n) is 6.02. The Morgan fingerprint density at radius 2 is 2.06 bits per heavy atom. The fourth-order valence-electron chi connectivity index (χ4n) is 2.42. The summed E-state index contributed by atoms with van der Waals surface area (Å²) >= 11 is 0. The minimum absolute atomic E-state index is 0.172. The molecule has 0 spiro atoms. The van der Waals surface area contributed by atoms with Gasteiger partial charge in [0.15, 0.2) is 0 Å². The van der Waals surface area contributed by atoms with Crippen LogP contribution in [0, 0.1) is 5.82 Å². The van der Waals surface area contributed by atoms with E-state index in [0.29, 0.717) is 5.52 Å². The number of benzene rings is 1. The zero-order valence-corrected chi connectivity index (χ0v) is 9.67. The highest BCUT2D eigenvalue weighted by Gasteiger charge is 2.13. The summed E-state index contributed by atoms with van der Waals surface area (Å²) in [5.41, 5.74) is 1.80. The van der Waals surface area contributed by atoms with Gasteiger partial charge in [-0.15, -0.1) is 0 Å². The second-order valence-corrected chi connectivity index (χ2v) is 4.50. The van der Waals surface area contributed by atoms with Crippen LogP contribution in [-0.4, -0.2) is 36.1 Å². The highest BCUT2D eigenvalue weighted by Crippen LogP contribution is 2.21. The SMILES string of the molecule is Fc1cccc2c(CN3CCNCC3)c[nH]c12. The van der Waals surface area contributed by atoms with Crippen molar-refractivity contribution in [3.8, 4) is 0 Å². The average Bonchev–Trinajstić information content (AvgIpc) is 2.76. The highest BCUT2D eigenvalue weighted by atomic mass is 19.1. The van der Waals surface area contributed by atoms with E-state index in [2.05, 4.69) is 15.2 Å². The van der Waals surface area contributed by atoms with Crippen molar-refractivity contribution in [1.29, 1.82) is 0 Å². The van der Waals surface area contributed by atoms with E-state index in [4.69, 9.17) is 0 Å². The molecular formula is C13H16FN3. The zero-order valence-electron chi connectivity index (χ0n) is 9.67. The Morgan fingerprint density at radius 1 is 1.24 bits per heavy atom. The van der Waals surface area contributed by atoms with E-state index in [0.717, 1.165) is 38.1 Å². The first-order valence-corrected chi connectivity index (χ1v) is 6.02. The number of aromatic nitrogens is 1. The quantitative estimate of drug-likeness (QED) is 0.827. The molecule has 0 saturated carbocycles. The van der Waals surface area contributed by atoms with Gasteiger partial charge in [-0.05, 0) is 11.6 Å². The molecule has 1 aromatic heterocycles. The van der Waals surface area contributed by atoms with Gasteiger partial charge < -0.3 is 10.3 Å². The fraction of sp³-hybridized carbons (Fsp3) is 0.385. The van der Waals surface area contributed by atoms with Gasteiger partial charge in [-0.3, -0.25) is 4.90 Å². The molecule has 1 aliphatic rings. The predicted octanol–water partition coefficient (Wildman–Crippen LogP) is 1.71. The summed E-state index contributed by atoms with van der Waals surface area (Å²) < 4.78 is 13.5. The second-order valence-electron chi connectivity index (χ2n) is 4.50. The van der Waals surface area contributed by atoms with Crippen molar-refractivity contribution in [2.24, 2.45) is 0 Å². The normalized spacial score (nSPS) is 17.7. The molecule has 0 amide bonds. The number of aromatic amines is 1. The van der Waals surface area contributed by atoms with E-state index >= 15 is 0 Å². The molecule has 1 aliphatic heterocycles. The van der Waals surface area contributed by atoms with Crippen molar-refractivity contribution in [3.63, 3.8) is 0 Å². The Balaban J connectivity index is 1.87. The van der Waals surface area contributed by atoms with Crippen molar-refractivity contribution in [1.82, 2.24) is 15.2 Å². The van der Waals surface area contributed by atoms with E-state index in [1.54, 1.807) is 6.07 Å². The lowest BCUT2D eigenvalue weighted by atomic mass is 10.1. The van der Waals surface area contributed by atoms with E-state index < -0.39 is 0 Å². The van der Waals surface area contributed by atoms with Gasteiger partial charge in [-0.1, -0.05) is 12.1 Å². The third-order valence-corrected chi connectivity index (χ3v) is 3.35. The number of fused-ring (bicyclic) bond motifs is 1. The van der Waals surface area contributed by atoms with Crippen LogP contribution in [0.1, 0.15) is 5.56 Å². The molecule has 3 nitrogen and oxygen atoms in total. The largest absolute Gasteiger partial charge is 0.358 e. The van der Waals surface area contributed by atoms with Crippen LogP contribution in [0.4, 0.5) is 4.39 Å². The van der Waals surface area contributed by atoms with Crippen molar-refractivity contribution in [2.75, 3.05) is 26.2 Å². The van der Waals surface area contributed by atoms with Crippen LogP contribution in [0.15, 0.2) is 24.4 Å². The third-order valence-electron chi connectivity index (χ3n) is 3.35. The maximum absolute atomic E-state index is 13.5. The van der Waals surface area contributed by atoms with E-state index in [1.165, 1.54) is 11.6 Å². The molecule has 1 saturated heterocycles. The Labute approximate surface area is 99.6 Å². The third kappa shape index (κ3) is 2.06. The van der Waals surface area contributed by atoms with E-state index in [9.17, 15) is 4.39 Å². The van der Waals surface area contributed by atoms with Crippen LogP contribution in [0.25, 0.3) is 10.9 Å². The summed E-state index contributed by atoms with van der Waals surface area (Å²) in [6.07, 6.45) is 1.93. The molecule has 0 radical (unpaired) electrons. The van der Waals surface area contributed by atoms with Crippen LogP contribution in [0.3, 0.4) is 0 Å². The van der Waals surface area contributed by atoms with Crippen LogP contribution in [0.5, 0.6) is 0 Å². The number of rotatable bonds is 2. The zero-order chi connectivity index (χ0) is 11.7. The Hall–Kier alpha value is -1.39. The average molecular weight is 233 g/mol. The topological polar surface area (TPSA) is 31.1 Å². The minimum Gasteiger partial charge on any atom is -0.358 e. The Kier molecular flexibility index (Phi) is 2.82. The molecule has 1 aromatic carbocycles. The Morgan fingerprint density at radius 3 is 2.88 bits per heavy atom. The number of nitrogens with one attached hydrogen (secondary N) is 2. The maximum Gasteiger partial charge on any atom is 0.147 e. The summed E-state index contributed by atoms with van der Waals surface area (Å²) in [5.74, 6) is -0.172. The monoisotopic (exact) mass is 233 g/mol. The standard InChI is InChI=1S/C13H16FN3/c14-12-3-1-2-11-10(8-16-13(11)12)9-17-6-4-15-5-7-17/h1-3,8,15-16H,4-7,9H2. The number of para-hydroxylation sites is 1. The fourth-order valence-corrected chi connectivity index (χ4v) is 2.42. The maximum atomic E-state index is 13.5. The van der Waals surface area contributed by atoms with Crippen molar-refractivity contribution in [2.45, 2.75) is 6.54 Å². The predicted molar refractivity (Wildman–Crippen MR) is 66.4 cm³/mol. The molecule has 90 valence electrons. The van der Waals surface area contributed by atoms with Crippen molar-refractivity contribution < 1.29 is 4.39 Å². The first kappa shape index (κ1) is 10.7. The summed E-state index contributed by atoms with van der Waals surface area (Å²) in [7, 11) is 0. The van der Waals surface area contributed by atoms with Gasteiger partial charge in [0, 0.05) is 44.3 Å². The molecule has 2 aromatic rings. The number of H-pyrrole nitrogens is 1. The lowest BCUT2D eigenvalue weighted by molar-refractivity contribution is 0.234. The number of nitrogens with zero attached hydrogens (tertiary/aromatic N) is 1. The van der Waals surface area contributed by atoms with Gasteiger partial charge in [0.25, 0.3) is 0 Å². The van der Waals surface area contributed by atoms with E-state index in [1.807, 2.05) is 12.3 Å². The minimum atomic E-state index is -0.172. The van der Waals surface area contributed by atoms with E-state index in [-0.39, 0.29) is 5.82 Å². The van der Waals surface area contributed by atoms with Gasteiger partial charge >= 0.3 is 0 Å². The molecule has 0 bridgehead atoms. The lowest BCUT2D eigenvalue weighted by Crippen LogP contribution is -2.42. The van der Waals surface area contributed by atoms with Crippen molar-refractivity contribution >= 4 is 10.9 Å². The smallest absolute Gasteiger partial charge is 0.147 e. The van der Waals surface area contributed by atoms with Gasteiger partial charge in [0.2, 0.25) is 0 Å². The molecule has 3 rings (SSSR count). The summed E-state index contributed by atoms with van der Waals surface area (Å²) in [6.45, 7) is 5.09. The lowest BCUT2D eigenvalue weighted by Gasteiger charge is -2.26. The van der Waals surface area contributed by atoms with Gasteiger partial charge in [-0.25, -0.2) is 4.39 Å². The molecule has 0 aliphatic carbocycles.